The highest BCUT2D eigenvalue weighted by molar-refractivity contribution is 7.55. The van der Waals surface area contributed by atoms with E-state index in [1.165, 1.54) is 13.8 Å². The van der Waals surface area contributed by atoms with Crippen LogP contribution >= 0.6 is 7.60 Å². The van der Waals surface area contributed by atoms with E-state index < -0.39 is 13.4 Å². The van der Waals surface area contributed by atoms with Crippen molar-refractivity contribution in [2.45, 2.75) is 51.4 Å². The Labute approximate surface area is 210 Å². The maximum absolute atomic E-state index is 14.5. The molecule has 0 spiro atoms. The lowest BCUT2D eigenvalue weighted by Crippen LogP contribution is -2.46. The molecule has 11 heteroatoms. The summed E-state index contributed by atoms with van der Waals surface area (Å²) < 4.78 is 26.6. The molecule has 2 aliphatic rings. The summed E-state index contributed by atoms with van der Waals surface area (Å²) in [5, 5.41) is 8.57. The second-order valence-electron chi connectivity index (χ2n) is 8.94. The van der Waals surface area contributed by atoms with Crippen LogP contribution in [0.3, 0.4) is 0 Å². The summed E-state index contributed by atoms with van der Waals surface area (Å²) in [6.07, 6.45) is 2.75. The van der Waals surface area contributed by atoms with Crippen LogP contribution in [0.5, 0.6) is 11.5 Å². The van der Waals surface area contributed by atoms with Crippen molar-refractivity contribution in [3.05, 3.63) is 48.5 Å². The Morgan fingerprint density at radius 1 is 0.917 bits per heavy atom. The maximum Gasteiger partial charge on any atom is 0.453 e. The molecule has 1 unspecified atom stereocenters. The minimum atomic E-state index is -4.02. The van der Waals surface area contributed by atoms with E-state index in [1.807, 2.05) is 0 Å². The van der Waals surface area contributed by atoms with Crippen LogP contribution < -0.4 is 25.0 Å². The van der Waals surface area contributed by atoms with E-state index in [1.54, 1.807) is 53.4 Å². The van der Waals surface area contributed by atoms with Gasteiger partial charge in [0.25, 0.3) is 0 Å². The van der Waals surface area contributed by atoms with Crippen LogP contribution in [-0.2, 0) is 18.9 Å². The Hall–Kier alpha value is -3.36. The number of rotatable bonds is 8. The monoisotopic (exact) mass is 514 g/mol. The van der Waals surface area contributed by atoms with E-state index >= 15 is 0 Å². The van der Waals surface area contributed by atoms with E-state index in [4.69, 9.17) is 9.05 Å². The molecule has 2 atom stereocenters. The van der Waals surface area contributed by atoms with Crippen molar-refractivity contribution in [3.63, 3.8) is 0 Å². The number of hydrogen-bond donors (Lipinski definition) is 3. The first-order valence-corrected chi connectivity index (χ1v) is 13.6. The lowest BCUT2D eigenvalue weighted by Gasteiger charge is -2.32. The molecule has 2 fully saturated rings. The number of anilines is 2. The normalized spacial score (nSPS) is 19.6. The van der Waals surface area contributed by atoms with Gasteiger partial charge in [0.05, 0.1) is 6.04 Å². The Morgan fingerprint density at radius 3 is 2.00 bits per heavy atom. The lowest BCUT2D eigenvalue weighted by molar-refractivity contribution is -0.132. The second-order valence-corrected chi connectivity index (χ2v) is 11.0. The van der Waals surface area contributed by atoms with Gasteiger partial charge in [-0.25, -0.2) is 4.57 Å². The fourth-order valence-electron chi connectivity index (χ4n) is 4.53. The van der Waals surface area contributed by atoms with Gasteiger partial charge in [-0.1, -0.05) is 12.1 Å². The predicted octanol–water partition coefficient (Wildman–Crippen LogP) is 3.95. The SMILES string of the molecule is CC(=O)Nc1cccc(OP(=O)(Oc2cccc(NC(C)=O)c2)C2CCCN2C(=O)[C@@H]2CCCN2)c1. The van der Waals surface area contributed by atoms with Crippen LogP contribution in [0.4, 0.5) is 11.4 Å². The molecule has 3 amide bonds. The molecule has 2 aromatic rings. The molecule has 4 rings (SSSR count). The quantitative estimate of drug-likeness (QED) is 0.456. The third-order valence-corrected chi connectivity index (χ3v) is 8.20. The highest BCUT2D eigenvalue weighted by Crippen LogP contribution is 2.57. The number of benzene rings is 2. The van der Waals surface area contributed by atoms with Gasteiger partial charge in [0.2, 0.25) is 17.7 Å². The molecule has 2 saturated heterocycles. The van der Waals surface area contributed by atoms with Crippen LogP contribution in [0, 0.1) is 0 Å². The van der Waals surface area contributed by atoms with Crippen molar-refractivity contribution in [1.82, 2.24) is 10.2 Å². The first-order chi connectivity index (χ1) is 17.2. The molecule has 10 nitrogen and oxygen atoms in total. The van der Waals surface area contributed by atoms with Crippen LogP contribution in [0.25, 0.3) is 0 Å². The zero-order valence-electron chi connectivity index (χ0n) is 20.4. The van der Waals surface area contributed by atoms with E-state index in [-0.39, 0.29) is 35.3 Å². The van der Waals surface area contributed by atoms with E-state index in [0.717, 1.165) is 19.4 Å². The summed E-state index contributed by atoms with van der Waals surface area (Å²) in [6.45, 7) is 4.01. The van der Waals surface area contributed by atoms with E-state index in [0.29, 0.717) is 30.8 Å². The maximum atomic E-state index is 14.5. The molecule has 0 saturated carbocycles. The van der Waals surface area contributed by atoms with Gasteiger partial charge in [0, 0.05) is 43.9 Å². The van der Waals surface area contributed by atoms with Gasteiger partial charge in [-0.2, -0.15) is 0 Å². The summed E-state index contributed by atoms with van der Waals surface area (Å²) in [5.41, 5.74) is 0.961. The molecule has 0 bridgehead atoms. The fraction of sp³-hybridized carbons (Fsp3) is 0.400. The van der Waals surface area contributed by atoms with Gasteiger partial charge in [-0.3, -0.25) is 14.4 Å². The summed E-state index contributed by atoms with van der Waals surface area (Å²) in [4.78, 5) is 37.9. The highest BCUT2D eigenvalue weighted by Gasteiger charge is 2.49. The van der Waals surface area contributed by atoms with Gasteiger partial charge >= 0.3 is 7.60 Å². The molecular formula is C25H31N4O6P. The first-order valence-electron chi connectivity index (χ1n) is 12.0. The zero-order valence-corrected chi connectivity index (χ0v) is 21.3. The number of nitrogens with zero attached hydrogens (tertiary/aromatic N) is 1. The van der Waals surface area contributed by atoms with Crippen LogP contribution in [0.15, 0.2) is 48.5 Å². The van der Waals surface area contributed by atoms with Crippen molar-refractivity contribution < 1.29 is 28.0 Å². The van der Waals surface area contributed by atoms with Crippen LogP contribution in [-0.4, -0.2) is 47.5 Å². The number of carbonyl (C=O) groups excluding carboxylic acids is 3. The highest BCUT2D eigenvalue weighted by atomic mass is 31.2. The van der Waals surface area contributed by atoms with E-state index in [2.05, 4.69) is 16.0 Å². The molecule has 0 aromatic heterocycles. The largest absolute Gasteiger partial charge is 0.453 e. The number of nitrogens with one attached hydrogen (secondary N) is 3. The first kappa shape index (κ1) is 25.7. The minimum absolute atomic E-state index is 0.110. The summed E-state index contributed by atoms with van der Waals surface area (Å²) in [6, 6.07) is 12.8. The van der Waals surface area contributed by atoms with Crippen LogP contribution in [0.2, 0.25) is 0 Å². The van der Waals surface area contributed by atoms with Crippen molar-refractivity contribution >= 4 is 36.7 Å². The third kappa shape index (κ3) is 6.25. The average molecular weight is 515 g/mol. The molecule has 2 aliphatic heterocycles. The minimum Gasteiger partial charge on any atom is -0.415 e. The third-order valence-electron chi connectivity index (χ3n) is 6.00. The van der Waals surface area contributed by atoms with Gasteiger partial charge in [-0.15, -0.1) is 0 Å². The summed E-state index contributed by atoms with van der Waals surface area (Å²) >= 11 is 0. The van der Waals surface area contributed by atoms with Crippen molar-refractivity contribution in [1.29, 1.82) is 0 Å². The summed E-state index contributed by atoms with van der Waals surface area (Å²) in [7, 11) is -4.02. The Morgan fingerprint density at radius 2 is 1.50 bits per heavy atom. The topological polar surface area (TPSA) is 126 Å². The Kier molecular flexibility index (Phi) is 7.96. The van der Waals surface area contributed by atoms with Crippen molar-refractivity contribution in [2.24, 2.45) is 0 Å². The van der Waals surface area contributed by atoms with Gasteiger partial charge in [0.15, 0.2) is 5.78 Å². The molecule has 192 valence electrons. The van der Waals surface area contributed by atoms with E-state index in [9.17, 15) is 18.9 Å². The smallest absolute Gasteiger partial charge is 0.415 e. The Bertz CT molecular complexity index is 1120. The molecular weight excluding hydrogens is 483 g/mol. The molecule has 0 aliphatic carbocycles. The standard InChI is InChI=1S/C25H31N4O6P/c1-17(30)27-19-7-3-9-21(15-19)34-36(33,35-22-10-4-8-20(16-22)28-18(2)31)24-12-6-14-29(24)25(32)23-11-5-13-26-23/h3-4,7-10,15-16,23-24,26H,5-6,11-14H2,1-2H3,(H,27,30)(H,28,31)/t23-,24?/m0/s1. The number of hydrogen-bond acceptors (Lipinski definition) is 7. The van der Waals surface area contributed by atoms with Gasteiger partial charge in [-0.05, 0) is 56.5 Å². The van der Waals surface area contributed by atoms with Crippen molar-refractivity contribution in [2.75, 3.05) is 23.7 Å². The second kappa shape index (κ2) is 11.1. The lowest BCUT2D eigenvalue weighted by atomic mass is 10.2. The summed E-state index contributed by atoms with van der Waals surface area (Å²) in [5.74, 6) is -0.930. The molecule has 0 radical (unpaired) electrons. The van der Waals surface area contributed by atoms with Crippen LogP contribution in [0.1, 0.15) is 39.5 Å². The predicted molar refractivity (Wildman–Crippen MR) is 136 cm³/mol. The van der Waals surface area contributed by atoms with Gasteiger partial charge in [0.1, 0.15) is 11.5 Å². The number of amides is 3. The number of likely N-dealkylation sites (tertiary alicyclic amines) is 1. The molecule has 3 N–H and O–H groups in total. The Balaban J connectivity index is 1.66. The zero-order chi connectivity index (χ0) is 25.7. The van der Waals surface area contributed by atoms with Crippen molar-refractivity contribution in [3.8, 4) is 11.5 Å². The number of carbonyl (C=O) groups is 3. The molecule has 2 heterocycles. The molecule has 36 heavy (non-hydrogen) atoms. The molecule has 2 aromatic carbocycles. The van der Waals surface area contributed by atoms with Gasteiger partial charge < -0.3 is 29.9 Å². The average Bonchev–Trinajstić information content (AvgIpc) is 3.51. The fourth-order valence-corrected chi connectivity index (χ4v) is 6.70.